The predicted molar refractivity (Wildman–Crippen MR) is 98.7 cm³/mol. The van der Waals surface area contributed by atoms with Crippen molar-refractivity contribution >= 4 is 29.3 Å². The Morgan fingerprint density at radius 1 is 1.00 bits per heavy atom. The fourth-order valence-electron chi connectivity index (χ4n) is 2.09. The number of benzene rings is 2. The first-order valence-corrected chi connectivity index (χ1v) is 8.30. The molecule has 3 N–H and O–H groups in total. The molecule has 142 valence electrons. The summed E-state index contributed by atoms with van der Waals surface area (Å²) in [6.45, 7) is 1.46. The van der Waals surface area contributed by atoms with Gasteiger partial charge in [-0.25, -0.2) is 9.18 Å². The standard InChI is InChI=1S/C19H20FN3O4/c1-13(18(25)22-16-9-5-6-14(20)12-16)27-17(24)10-11-21-19(26)23-15-7-3-2-4-8-15/h2-9,12-13H,10-11H2,1H3,(H,22,25)(H2,21,23,26)/t13-/m1/s1. The zero-order valence-electron chi connectivity index (χ0n) is 14.7. The summed E-state index contributed by atoms with van der Waals surface area (Å²) in [5, 5.41) is 7.58. The van der Waals surface area contributed by atoms with Crippen LogP contribution in [0.5, 0.6) is 0 Å². The van der Waals surface area contributed by atoms with E-state index in [9.17, 15) is 18.8 Å². The molecule has 0 unspecified atom stereocenters. The number of nitrogens with one attached hydrogen (secondary N) is 3. The molecule has 0 radical (unpaired) electrons. The van der Waals surface area contributed by atoms with E-state index < -0.39 is 29.8 Å². The summed E-state index contributed by atoms with van der Waals surface area (Å²) in [6.07, 6.45) is -1.15. The number of carbonyl (C=O) groups is 3. The van der Waals surface area contributed by atoms with E-state index in [1.54, 1.807) is 24.3 Å². The van der Waals surface area contributed by atoms with Crippen molar-refractivity contribution in [2.24, 2.45) is 0 Å². The van der Waals surface area contributed by atoms with E-state index in [1.165, 1.54) is 25.1 Å². The largest absolute Gasteiger partial charge is 0.452 e. The van der Waals surface area contributed by atoms with Crippen LogP contribution in [0.1, 0.15) is 13.3 Å². The van der Waals surface area contributed by atoms with Crippen LogP contribution in [0.2, 0.25) is 0 Å². The Bertz CT molecular complexity index is 799. The summed E-state index contributed by atoms with van der Waals surface area (Å²) < 4.78 is 18.1. The molecule has 2 rings (SSSR count). The summed E-state index contributed by atoms with van der Waals surface area (Å²) in [5.74, 6) is -1.71. The number of carbonyl (C=O) groups excluding carboxylic acids is 3. The predicted octanol–water partition coefficient (Wildman–Crippen LogP) is 2.91. The smallest absolute Gasteiger partial charge is 0.319 e. The van der Waals surface area contributed by atoms with E-state index in [0.29, 0.717) is 5.69 Å². The van der Waals surface area contributed by atoms with Crippen LogP contribution < -0.4 is 16.0 Å². The van der Waals surface area contributed by atoms with Crippen molar-refractivity contribution in [3.8, 4) is 0 Å². The topological polar surface area (TPSA) is 96.5 Å². The molecule has 0 aliphatic heterocycles. The van der Waals surface area contributed by atoms with Gasteiger partial charge in [0, 0.05) is 17.9 Å². The lowest BCUT2D eigenvalue weighted by Gasteiger charge is -2.14. The average molecular weight is 373 g/mol. The maximum absolute atomic E-state index is 13.1. The highest BCUT2D eigenvalue weighted by molar-refractivity contribution is 5.95. The van der Waals surface area contributed by atoms with Gasteiger partial charge in [-0.1, -0.05) is 24.3 Å². The molecule has 0 fully saturated rings. The average Bonchev–Trinajstić information content (AvgIpc) is 2.62. The second-order valence-corrected chi connectivity index (χ2v) is 5.63. The highest BCUT2D eigenvalue weighted by Crippen LogP contribution is 2.10. The highest BCUT2D eigenvalue weighted by Gasteiger charge is 2.18. The van der Waals surface area contributed by atoms with Crippen molar-refractivity contribution in [1.82, 2.24) is 5.32 Å². The second-order valence-electron chi connectivity index (χ2n) is 5.63. The first kappa shape index (κ1) is 19.9. The van der Waals surface area contributed by atoms with Crippen LogP contribution in [0.3, 0.4) is 0 Å². The van der Waals surface area contributed by atoms with Gasteiger partial charge >= 0.3 is 12.0 Å². The van der Waals surface area contributed by atoms with E-state index in [1.807, 2.05) is 6.07 Å². The third-order valence-electron chi connectivity index (χ3n) is 3.42. The van der Waals surface area contributed by atoms with Crippen molar-refractivity contribution < 1.29 is 23.5 Å². The van der Waals surface area contributed by atoms with Crippen LogP contribution in [0.15, 0.2) is 54.6 Å². The van der Waals surface area contributed by atoms with E-state index in [2.05, 4.69) is 16.0 Å². The quantitative estimate of drug-likeness (QED) is 0.650. The zero-order valence-corrected chi connectivity index (χ0v) is 14.7. The molecule has 2 aromatic rings. The van der Waals surface area contributed by atoms with E-state index in [-0.39, 0.29) is 18.7 Å². The Kier molecular flexibility index (Phi) is 7.30. The molecule has 7 nitrogen and oxygen atoms in total. The molecule has 0 spiro atoms. The number of halogens is 1. The fourth-order valence-corrected chi connectivity index (χ4v) is 2.09. The zero-order chi connectivity index (χ0) is 19.6. The van der Waals surface area contributed by atoms with Crippen molar-refractivity contribution in [3.05, 3.63) is 60.4 Å². The molecule has 0 aromatic heterocycles. The lowest BCUT2D eigenvalue weighted by molar-refractivity contribution is -0.153. The molecule has 0 heterocycles. The highest BCUT2D eigenvalue weighted by atomic mass is 19.1. The maximum atomic E-state index is 13.1. The second kappa shape index (κ2) is 9.91. The molecule has 3 amide bonds. The van der Waals surface area contributed by atoms with Crippen LogP contribution in [0.25, 0.3) is 0 Å². The van der Waals surface area contributed by atoms with Crippen LogP contribution in [0, 0.1) is 5.82 Å². The fraction of sp³-hybridized carbons (Fsp3) is 0.211. The summed E-state index contributed by atoms with van der Waals surface area (Å²) in [7, 11) is 0. The number of hydrogen-bond acceptors (Lipinski definition) is 4. The van der Waals surface area contributed by atoms with E-state index >= 15 is 0 Å². The van der Waals surface area contributed by atoms with Gasteiger partial charge in [0.2, 0.25) is 0 Å². The van der Waals surface area contributed by atoms with E-state index in [0.717, 1.165) is 6.07 Å². The molecule has 2 aromatic carbocycles. The lowest BCUT2D eigenvalue weighted by atomic mass is 10.3. The third-order valence-corrected chi connectivity index (χ3v) is 3.42. The normalized spacial score (nSPS) is 11.2. The summed E-state index contributed by atoms with van der Waals surface area (Å²) in [4.78, 5) is 35.4. The van der Waals surface area contributed by atoms with E-state index in [4.69, 9.17) is 4.74 Å². The Labute approximate surface area is 155 Å². The first-order valence-electron chi connectivity index (χ1n) is 8.30. The third kappa shape index (κ3) is 7.15. The van der Waals surface area contributed by atoms with Gasteiger partial charge in [-0.15, -0.1) is 0 Å². The summed E-state index contributed by atoms with van der Waals surface area (Å²) in [5.41, 5.74) is 0.891. The Balaban J connectivity index is 1.68. The van der Waals surface area contributed by atoms with Crippen molar-refractivity contribution in [1.29, 1.82) is 0 Å². The number of esters is 1. The minimum Gasteiger partial charge on any atom is -0.452 e. The van der Waals surface area contributed by atoms with Gasteiger partial charge in [0.1, 0.15) is 5.82 Å². The number of amides is 3. The number of ether oxygens (including phenoxy) is 1. The van der Waals surface area contributed by atoms with Crippen LogP contribution in [-0.2, 0) is 14.3 Å². The van der Waals surface area contributed by atoms with Crippen molar-refractivity contribution in [3.63, 3.8) is 0 Å². The maximum Gasteiger partial charge on any atom is 0.319 e. The Morgan fingerprint density at radius 3 is 2.41 bits per heavy atom. The number of para-hydroxylation sites is 1. The van der Waals surface area contributed by atoms with Crippen LogP contribution in [-0.4, -0.2) is 30.6 Å². The van der Waals surface area contributed by atoms with Crippen molar-refractivity contribution in [2.45, 2.75) is 19.4 Å². The molecule has 0 saturated carbocycles. The Morgan fingerprint density at radius 2 is 1.70 bits per heavy atom. The molecule has 0 aliphatic carbocycles. The van der Waals surface area contributed by atoms with Gasteiger partial charge in [0.25, 0.3) is 5.91 Å². The minimum absolute atomic E-state index is 0.0513. The summed E-state index contributed by atoms with van der Waals surface area (Å²) in [6, 6.07) is 13.8. The molecule has 1 atom stereocenters. The van der Waals surface area contributed by atoms with Gasteiger partial charge in [-0.05, 0) is 37.3 Å². The SMILES string of the molecule is C[C@@H](OC(=O)CCNC(=O)Nc1ccccc1)C(=O)Nc1cccc(F)c1. The number of anilines is 2. The Hall–Kier alpha value is -3.42. The number of urea groups is 1. The molecule has 8 heteroatoms. The molecule has 0 aliphatic rings. The van der Waals surface area contributed by atoms with Gasteiger partial charge in [0.15, 0.2) is 6.10 Å². The van der Waals surface area contributed by atoms with Gasteiger partial charge in [-0.3, -0.25) is 9.59 Å². The molecular formula is C19H20FN3O4. The number of rotatable bonds is 7. The van der Waals surface area contributed by atoms with Crippen molar-refractivity contribution in [2.75, 3.05) is 17.2 Å². The molecule has 0 saturated heterocycles. The monoisotopic (exact) mass is 373 g/mol. The van der Waals surface area contributed by atoms with Crippen LogP contribution in [0.4, 0.5) is 20.6 Å². The summed E-state index contributed by atoms with van der Waals surface area (Å²) >= 11 is 0. The molecule has 27 heavy (non-hydrogen) atoms. The van der Waals surface area contributed by atoms with Crippen LogP contribution >= 0.6 is 0 Å². The lowest BCUT2D eigenvalue weighted by Crippen LogP contribution is -2.33. The molecule has 0 bridgehead atoms. The minimum atomic E-state index is -1.06. The number of hydrogen-bond donors (Lipinski definition) is 3. The van der Waals surface area contributed by atoms with Gasteiger partial charge in [0.05, 0.1) is 6.42 Å². The first-order chi connectivity index (χ1) is 12.9. The van der Waals surface area contributed by atoms with Gasteiger partial charge < -0.3 is 20.7 Å². The molecular weight excluding hydrogens is 353 g/mol. The van der Waals surface area contributed by atoms with Gasteiger partial charge in [-0.2, -0.15) is 0 Å².